The molecule has 1 aliphatic heterocycles. The number of nitrogens with one attached hydrogen (secondary N) is 2. The van der Waals surface area contributed by atoms with Crippen LogP contribution in [0.2, 0.25) is 6.32 Å². The minimum Gasteiger partial charge on any atom is -0.480 e. The van der Waals surface area contributed by atoms with Crippen molar-refractivity contribution < 1.29 is 24.7 Å². The highest BCUT2D eigenvalue weighted by Gasteiger charge is 2.40. The highest BCUT2D eigenvalue weighted by molar-refractivity contribution is 6.40. The molecule has 0 aromatic heterocycles. The van der Waals surface area contributed by atoms with Crippen LogP contribution in [0.15, 0.2) is 0 Å². The lowest BCUT2D eigenvalue weighted by Gasteiger charge is -2.23. The van der Waals surface area contributed by atoms with E-state index in [0.717, 1.165) is 0 Å². The molecule has 1 fully saturated rings. The van der Waals surface area contributed by atoms with E-state index in [0.29, 0.717) is 19.4 Å². The number of nitrogens with two attached hydrogens (primary N) is 1. The van der Waals surface area contributed by atoms with Crippen LogP contribution in [-0.2, 0) is 9.59 Å². The van der Waals surface area contributed by atoms with Crippen LogP contribution in [0.25, 0.3) is 0 Å². The SMILES string of the molecule is C[C@H](N)C(=O)N[C@H]1CN[C@H](C(=O)O)[C@@H]1CCCB(O)O. The molecule has 1 amide bonds. The molecule has 0 spiro atoms. The molecule has 20 heavy (non-hydrogen) atoms. The van der Waals surface area contributed by atoms with Crippen molar-refractivity contribution in [2.24, 2.45) is 11.7 Å². The van der Waals surface area contributed by atoms with Crippen molar-refractivity contribution >= 4 is 19.0 Å². The molecule has 8 nitrogen and oxygen atoms in total. The van der Waals surface area contributed by atoms with E-state index in [1.54, 1.807) is 6.92 Å². The smallest absolute Gasteiger partial charge is 0.451 e. The Balaban J connectivity index is 2.62. The highest BCUT2D eigenvalue weighted by Crippen LogP contribution is 2.23. The first-order valence-corrected chi connectivity index (χ1v) is 6.71. The molecule has 0 bridgehead atoms. The van der Waals surface area contributed by atoms with E-state index < -0.39 is 25.2 Å². The van der Waals surface area contributed by atoms with Crippen molar-refractivity contribution in [2.45, 2.75) is 44.2 Å². The lowest BCUT2D eigenvalue weighted by atomic mass is 9.80. The first-order valence-electron chi connectivity index (χ1n) is 6.71. The van der Waals surface area contributed by atoms with Gasteiger partial charge in [0.25, 0.3) is 0 Å². The van der Waals surface area contributed by atoms with Gasteiger partial charge in [-0.3, -0.25) is 9.59 Å². The Kier molecular flexibility index (Phi) is 6.40. The number of carboxylic acid groups (broad SMARTS) is 1. The number of carboxylic acids is 1. The molecule has 0 radical (unpaired) electrons. The van der Waals surface area contributed by atoms with Gasteiger partial charge in [0.1, 0.15) is 6.04 Å². The summed E-state index contributed by atoms with van der Waals surface area (Å²) in [4.78, 5) is 22.8. The molecule has 0 saturated carbocycles. The van der Waals surface area contributed by atoms with E-state index in [9.17, 15) is 9.59 Å². The lowest BCUT2D eigenvalue weighted by molar-refractivity contribution is -0.140. The Hall–Kier alpha value is -1.16. The van der Waals surface area contributed by atoms with Gasteiger partial charge in [-0.25, -0.2) is 0 Å². The van der Waals surface area contributed by atoms with Crippen LogP contribution in [0, 0.1) is 5.92 Å². The molecule has 4 atom stereocenters. The number of rotatable bonds is 7. The number of hydrogen-bond donors (Lipinski definition) is 6. The Labute approximate surface area is 117 Å². The van der Waals surface area contributed by atoms with Gasteiger partial charge in [0.05, 0.1) is 6.04 Å². The second-order valence-electron chi connectivity index (χ2n) is 5.20. The predicted molar refractivity (Wildman–Crippen MR) is 72.7 cm³/mol. The molecule has 1 aliphatic rings. The number of amides is 1. The van der Waals surface area contributed by atoms with E-state index in [4.69, 9.17) is 20.9 Å². The number of hydrogen-bond acceptors (Lipinski definition) is 6. The lowest BCUT2D eigenvalue weighted by Crippen LogP contribution is -2.48. The van der Waals surface area contributed by atoms with Gasteiger partial charge in [-0.05, 0) is 19.7 Å². The first-order chi connectivity index (χ1) is 9.32. The third-order valence-electron chi connectivity index (χ3n) is 3.51. The summed E-state index contributed by atoms with van der Waals surface area (Å²) in [6, 6.07) is -1.71. The minimum atomic E-state index is -1.40. The van der Waals surface area contributed by atoms with Gasteiger partial charge in [0.15, 0.2) is 0 Å². The summed E-state index contributed by atoms with van der Waals surface area (Å²) in [5.74, 6) is -1.60. The average molecular weight is 287 g/mol. The molecule has 1 heterocycles. The Bertz CT molecular complexity index is 353. The second-order valence-corrected chi connectivity index (χ2v) is 5.20. The van der Waals surface area contributed by atoms with E-state index in [1.165, 1.54) is 0 Å². The van der Waals surface area contributed by atoms with Crippen molar-refractivity contribution in [2.75, 3.05) is 6.54 Å². The summed E-state index contributed by atoms with van der Waals surface area (Å²) in [5, 5.41) is 32.4. The summed E-state index contributed by atoms with van der Waals surface area (Å²) in [5.41, 5.74) is 5.48. The summed E-state index contributed by atoms with van der Waals surface area (Å²) in [7, 11) is -1.40. The van der Waals surface area contributed by atoms with Crippen molar-refractivity contribution in [3.05, 3.63) is 0 Å². The fourth-order valence-electron chi connectivity index (χ4n) is 2.44. The van der Waals surface area contributed by atoms with Crippen molar-refractivity contribution in [3.63, 3.8) is 0 Å². The van der Waals surface area contributed by atoms with Crippen LogP contribution < -0.4 is 16.4 Å². The number of aliphatic carboxylic acids is 1. The molecular formula is C11H22BN3O5. The third kappa shape index (κ3) is 4.75. The van der Waals surface area contributed by atoms with E-state index in [1.807, 2.05) is 0 Å². The maximum Gasteiger partial charge on any atom is 0.451 e. The van der Waals surface area contributed by atoms with Gasteiger partial charge in [0.2, 0.25) is 5.91 Å². The number of carbonyl (C=O) groups excluding carboxylic acids is 1. The van der Waals surface area contributed by atoms with Gasteiger partial charge < -0.3 is 31.5 Å². The standard InChI is InChI=1S/C11H22BN3O5/c1-6(13)10(16)15-8-5-14-9(11(17)18)7(8)3-2-4-12(19)20/h6-9,14,19-20H,2-5,13H2,1H3,(H,15,16)(H,17,18)/t6-,7+,8-,9-/m0/s1. The molecule has 9 heteroatoms. The average Bonchev–Trinajstić information content (AvgIpc) is 2.72. The zero-order valence-electron chi connectivity index (χ0n) is 11.5. The highest BCUT2D eigenvalue weighted by atomic mass is 16.4. The van der Waals surface area contributed by atoms with Gasteiger partial charge >= 0.3 is 13.1 Å². The van der Waals surface area contributed by atoms with Crippen molar-refractivity contribution in [1.82, 2.24) is 10.6 Å². The molecule has 0 aromatic carbocycles. The largest absolute Gasteiger partial charge is 0.480 e. The third-order valence-corrected chi connectivity index (χ3v) is 3.51. The monoisotopic (exact) mass is 287 g/mol. The Morgan fingerprint density at radius 3 is 2.65 bits per heavy atom. The quantitative estimate of drug-likeness (QED) is 0.290. The van der Waals surface area contributed by atoms with Crippen LogP contribution in [0.1, 0.15) is 19.8 Å². The Morgan fingerprint density at radius 1 is 1.50 bits per heavy atom. The van der Waals surface area contributed by atoms with Crippen molar-refractivity contribution in [3.8, 4) is 0 Å². The molecular weight excluding hydrogens is 265 g/mol. The van der Waals surface area contributed by atoms with Gasteiger partial charge in [-0.2, -0.15) is 0 Å². The van der Waals surface area contributed by atoms with Crippen LogP contribution in [0.3, 0.4) is 0 Å². The molecule has 0 aliphatic carbocycles. The van der Waals surface area contributed by atoms with Crippen molar-refractivity contribution in [1.29, 1.82) is 0 Å². The molecule has 114 valence electrons. The molecule has 1 rings (SSSR count). The van der Waals surface area contributed by atoms with Crippen LogP contribution in [-0.4, -0.2) is 58.8 Å². The van der Waals surface area contributed by atoms with Crippen LogP contribution >= 0.6 is 0 Å². The zero-order valence-corrected chi connectivity index (χ0v) is 11.5. The van der Waals surface area contributed by atoms with Gasteiger partial charge in [0, 0.05) is 18.5 Å². The fraction of sp³-hybridized carbons (Fsp3) is 0.818. The van der Waals surface area contributed by atoms with E-state index >= 15 is 0 Å². The normalized spacial score (nSPS) is 27.1. The first kappa shape index (κ1) is 16.9. The summed E-state index contributed by atoms with van der Waals surface area (Å²) in [6.45, 7) is 1.92. The van der Waals surface area contributed by atoms with Gasteiger partial charge in [-0.15, -0.1) is 0 Å². The summed E-state index contributed by atoms with van der Waals surface area (Å²) < 4.78 is 0. The van der Waals surface area contributed by atoms with Crippen LogP contribution in [0.5, 0.6) is 0 Å². The predicted octanol–water partition coefficient (Wildman–Crippen LogP) is -2.26. The topological polar surface area (TPSA) is 145 Å². The molecule has 0 aromatic rings. The molecule has 7 N–H and O–H groups in total. The van der Waals surface area contributed by atoms with E-state index in [-0.39, 0.29) is 24.2 Å². The van der Waals surface area contributed by atoms with Gasteiger partial charge in [-0.1, -0.05) is 6.42 Å². The maximum absolute atomic E-state index is 11.6. The van der Waals surface area contributed by atoms with E-state index in [2.05, 4.69) is 10.6 Å². The summed E-state index contributed by atoms with van der Waals surface area (Å²) in [6.07, 6.45) is 1.13. The summed E-state index contributed by atoms with van der Waals surface area (Å²) >= 11 is 0. The maximum atomic E-state index is 11.6. The molecule has 1 saturated heterocycles. The zero-order chi connectivity index (χ0) is 15.3. The fourth-order valence-corrected chi connectivity index (χ4v) is 2.44. The number of carbonyl (C=O) groups is 2. The van der Waals surface area contributed by atoms with Crippen LogP contribution in [0.4, 0.5) is 0 Å². The second kappa shape index (κ2) is 7.58. The Morgan fingerprint density at radius 2 is 2.15 bits per heavy atom. The molecule has 0 unspecified atom stereocenters. The minimum absolute atomic E-state index is 0.177.